The molecule has 104 valence electrons. The first-order valence-corrected chi connectivity index (χ1v) is 6.61. The summed E-state index contributed by atoms with van der Waals surface area (Å²) in [6.45, 7) is 4.00. The number of anilines is 1. The van der Waals surface area contributed by atoms with Crippen LogP contribution in [0.5, 0.6) is 5.75 Å². The van der Waals surface area contributed by atoms with Crippen molar-refractivity contribution >= 4 is 11.6 Å². The Hall–Kier alpha value is -2.36. The number of carbonyl (C=O) groups is 1. The van der Waals surface area contributed by atoms with Crippen molar-refractivity contribution in [1.29, 1.82) is 0 Å². The van der Waals surface area contributed by atoms with Crippen LogP contribution in [0.4, 0.5) is 5.69 Å². The summed E-state index contributed by atoms with van der Waals surface area (Å²) in [6, 6.07) is 9.60. The molecular weight excluding hydrogens is 252 g/mol. The van der Waals surface area contributed by atoms with Gasteiger partial charge in [0.2, 0.25) is 0 Å². The lowest BCUT2D eigenvalue weighted by Crippen LogP contribution is -2.20. The number of amides is 1. The molecule has 0 aliphatic heterocycles. The predicted molar refractivity (Wildman–Crippen MR) is 78.9 cm³/mol. The molecule has 0 bridgehead atoms. The number of ether oxygens (including phenoxy) is 1. The van der Waals surface area contributed by atoms with Gasteiger partial charge in [-0.1, -0.05) is 19.1 Å². The summed E-state index contributed by atoms with van der Waals surface area (Å²) < 4.78 is 5.45. The number of carbonyl (C=O) groups excluding carboxylic acids is 1. The highest BCUT2D eigenvalue weighted by atomic mass is 16.5. The summed E-state index contributed by atoms with van der Waals surface area (Å²) in [4.78, 5) is 15.8. The Morgan fingerprint density at radius 2 is 2.00 bits per heavy atom. The van der Waals surface area contributed by atoms with Crippen molar-refractivity contribution < 1.29 is 9.53 Å². The van der Waals surface area contributed by atoms with Crippen LogP contribution in [0.3, 0.4) is 0 Å². The SMILES string of the molecule is CCc1ccc(OCC(=O)Nc2cnccc2C)cc1. The molecule has 0 unspecified atom stereocenters. The van der Waals surface area contributed by atoms with Crippen LogP contribution in [-0.4, -0.2) is 17.5 Å². The summed E-state index contributed by atoms with van der Waals surface area (Å²) in [5.74, 6) is 0.501. The quantitative estimate of drug-likeness (QED) is 0.908. The summed E-state index contributed by atoms with van der Waals surface area (Å²) in [5, 5.41) is 2.78. The van der Waals surface area contributed by atoms with Gasteiger partial charge in [-0.15, -0.1) is 0 Å². The Bertz CT molecular complexity index is 579. The molecule has 1 aromatic carbocycles. The third-order valence-corrected chi connectivity index (χ3v) is 3.01. The first-order chi connectivity index (χ1) is 9.69. The maximum atomic E-state index is 11.8. The van der Waals surface area contributed by atoms with Crippen LogP contribution in [0.15, 0.2) is 42.7 Å². The summed E-state index contributed by atoms with van der Waals surface area (Å²) in [5.41, 5.74) is 2.93. The zero-order valence-corrected chi connectivity index (χ0v) is 11.7. The van der Waals surface area contributed by atoms with Crippen molar-refractivity contribution in [1.82, 2.24) is 4.98 Å². The summed E-state index contributed by atoms with van der Waals surface area (Å²) in [6.07, 6.45) is 4.31. The largest absolute Gasteiger partial charge is 0.484 e. The zero-order valence-electron chi connectivity index (χ0n) is 11.7. The lowest BCUT2D eigenvalue weighted by molar-refractivity contribution is -0.118. The minimum atomic E-state index is -0.194. The molecule has 0 spiro atoms. The summed E-state index contributed by atoms with van der Waals surface area (Å²) >= 11 is 0. The van der Waals surface area contributed by atoms with Crippen molar-refractivity contribution in [3.8, 4) is 5.75 Å². The number of aryl methyl sites for hydroxylation is 2. The molecule has 1 aromatic heterocycles. The molecule has 1 N–H and O–H groups in total. The highest BCUT2D eigenvalue weighted by Crippen LogP contribution is 2.13. The van der Waals surface area contributed by atoms with E-state index in [2.05, 4.69) is 17.2 Å². The molecule has 0 radical (unpaired) electrons. The van der Waals surface area contributed by atoms with Crippen LogP contribution >= 0.6 is 0 Å². The van der Waals surface area contributed by atoms with Gasteiger partial charge in [0.1, 0.15) is 5.75 Å². The van der Waals surface area contributed by atoms with Gasteiger partial charge in [0, 0.05) is 6.20 Å². The Morgan fingerprint density at radius 1 is 1.25 bits per heavy atom. The first-order valence-electron chi connectivity index (χ1n) is 6.61. The zero-order chi connectivity index (χ0) is 14.4. The van der Waals surface area contributed by atoms with E-state index in [1.165, 1.54) is 5.56 Å². The fourth-order valence-electron chi connectivity index (χ4n) is 1.75. The normalized spacial score (nSPS) is 10.1. The van der Waals surface area contributed by atoms with E-state index in [9.17, 15) is 4.79 Å². The highest BCUT2D eigenvalue weighted by molar-refractivity contribution is 5.92. The Morgan fingerprint density at radius 3 is 2.65 bits per heavy atom. The molecular formula is C16H18N2O2. The molecule has 0 aliphatic rings. The lowest BCUT2D eigenvalue weighted by Gasteiger charge is -2.09. The molecule has 0 saturated heterocycles. The second-order valence-electron chi connectivity index (χ2n) is 4.52. The Kier molecular flexibility index (Phi) is 4.71. The fourth-order valence-corrected chi connectivity index (χ4v) is 1.75. The van der Waals surface area contributed by atoms with Crippen LogP contribution in [0, 0.1) is 6.92 Å². The number of nitrogens with zero attached hydrogens (tertiary/aromatic N) is 1. The third kappa shape index (κ3) is 3.82. The van der Waals surface area contributed by atoms with E-state index in [1.54, 1.807) is 12.4 Å². The predicted octanol–water partition coefficient (Wildman–Crippen LogP) is 2.97. The monoisotopic (exact) mass is 270 g/mol. The second kappa shape index (κ2) is 6.70. The van der Waals surface area contributed by atoms with E-state index < -0.39 is 0 Å². The Labute approximate surface area is 118 Å². The number of hydrogen-bond donors (Lipinski definition) is 1. The third-order valence-electron chi connectivity index (χ3n) is 3.01. The van der Waals surface area contributed by atoms with E-state index in [0.29, 0.717) is 11.4 Å². The van der Waals surface area contributed by atoms with Gasteiger partial charge >= 0.3 is 0 Å². The molecule has 2 rings (SSSR count). The van der Waals surface area contributed by atoms with E-state index in [-0.39, 0.29) is 12.5 Å². The van der Waals surface area contributed by atoms with Crippen LogP contribution in [0.1, 0.15) is 18.1 Å². The standard InChI is InChI=1S/C16H18N2O2/c1-3-13-4-6-14(7-5-13)20-11-16(19)18-15-10-17-9-8-12(15)2/h4-10H,3,11H2,1-2H3,(H,18,19). The van der Waals surface area contributed by atoms with Crippen molar-refractivity contribution in [2.24, 2.45) is 0 Å². The van der Waals surface area contributed by atoms with E-state index in [0.717, 1.165) is 12.0 Å². The van der Waals surface area contributed by atoms with Gasteiger partial charge in [-0.3, -0.25) is 9.78 Å². The second-order valence-corrected chi connectivity index (χ2v) is 4.52. The number of hydrogen-bond acceptors (Lipinski definition) is 3. The van der Waals surface area contributed by atoms with Crippen LogP contribution in [-0.2, 0) is 11.2 Å². The van der Waals surface area contributed by atoms with Gasteiger partial charge in [0.05, 0.1) is 11.9 Å². The molecule has 20 heavy (non-hydrogen) atoms. The number of benzene rings is 1. The van der Waals surface area contributed by atoms with Crippen molar-refractivity contribution in [2.75, 3.05) is 11.9 Å². The number of rotatable bonds is 5. The molecule has 1 heterocycles. The topological polar surface area (TPSA) is 51.2 Å². The maximum Gasteiger partial charge on any atom is 0.262 e. The first kappa shape index (κ1) is 14.1. The fraction of sp³-hybridized carbons (Fsp3) is 0.250. The molecule has 0 fully saturated rings. The van der Waals surface area contributed by atoms with Gasteiger partial charge < -0.3 is 10.1 Å². The average molecular weight is 270 g/mol. The van der Waals surface area contributed by atoms with Crippen LogP contribution in [0.2, 0.25) is 0 Å². The van der Waals surface area contributed by atoms with Crippen molar-refractivity contribution in [3.05, 3.63) is 53.9 Å². The molecule has 4 heteroatoms. The highest BCUT2D eigenvalue weighted by Gasteiger charge is 2.05. The van der Waals surface area contributed by atoms with Crippen molar-refractivity contribution in [2.45, 2.75) is 20.3 Å². The number of nitrogens with one attached hydrogen (secondary N) is 1. The maximum absolute atomic E-state index is 11.8. The average Bonchev–Trinajstić information content (AvgIpc) is 2.48. The molecule has 2 aromatic rings. The van der Waals surface area contributed by atoms with E-state index >= 15 is 0 Å². The lowest BCUT2D eigenvalue weighted by atomic mass is 10.2. The van der Waals surface area contributed by atoms with E-state index in [1.807, 2.05) is 37.3 Å². The molecule has 1 amide bonds. The van der Waals surface area contributed by atoms with Gasteiger partial charge in [-0.2, -0.15) is 0 Å². The molecule has 0 saturated carbocycles. The Balaban J connectivity index is 1.87. The minimum Gasteiger partial charge on any atom is -0.484 e. The van der Waals surface area contributed by atoms with E-state index in [4.69, 9.17) is 4.74 Å². The van der Waals surface area contributed by atoms with Crippen LogP contribution in [0.25, 0.3) is 0 Å². The molecule has 0 aliphatic carbocycles. The van der Waals surface area contributed by atoms with Crippen LogP contribution < -0.4 is 10.1 Å². The summed E-state index contributed by atoms with van der Waals surface area (Å²) in [7, 11) is 0. The van der Waals surface area contributed by atoms with Gasteiger partial charge in [-0.05, 0) is 42.7 Å². The minimum absolute atomic E-state index is 0.0141. The van der Waals surface area contributed by atoms with Gasteiger partial charge in [0.15, 0.2) is 6.61 Å². The van der Waals surface area contributed by atoms with Crippen molar-refractivity contribution in [3.63, 3.8) is 0 Å². The molecule has 0 atom stereocenters. The number of pyridine rings is 1. The smallest absolute Gasteiger partial charge is 0.262 e. The van der Waals surface area contributed by atoms with Gasteiger partial charge in [0.25, 0.3) is 5.91 Å². The molecule has 4 nitrogen and oxygen atoms in total. The number of aromatic nitrogens is 1. The van der Waals surface area contributed by atoms with Gasteiger partial charge in [-0.25, -0.2) is 0 Å².